The van der Waals surface area contributed by atoms with Gasteiger partial charge in [0, 0.05) is 29.3 Å². The molecule has 5 heteroatoms. The van der Waals surface area contributed by atoms with E-state index in [9.17, 15) is 4.79 Å². The molecule has 0 aliphatic heterocycles. The highest BCUT2D eigenvalue weighted by Gasteiger charge is 2.18. The van der Waals surface area contributed by atoms with Gasteiger partial charge in [0.05, 0.1) is 11.8 Å². The third kappa shape index (κ3) is 5.45. The predicted molar refractivity (Wildman–Crippen MR) is 158 cm³/mol. The number of imidazole rings is 1. The van der Waals surface area contributed by atoms with Gasteiger partial charge in [0.15, 0.2) is 5.65 Å². The molecule has 0 atom stereocenters. The Morgan fingerprint density at radius 1 is 0.750 bits per heavy atom. The molecule has 5 nitrogen and oxygen atoms in total. The van der Waals surface area contributed by atoms with E-state index in [1.807, 2.05) is 42.5 Å². The van der Waals surface area contributed by atoms with Gasteiger partial charge in [0.1, 0.15) is 6.61 Å². The number of hydrogen-bond donors (Lipinski definition) is 1. The molecule has 2 aromatic heterocycles. The number of nitrogens with one attached hydrogen (secondary N) is 1. The normalized spacial score (nSPS) is 11.3. The molecule has 4 aromatic carbocycles. The van der Waals surface area contributed by atoms with Crippen LogP contribution < -0.4 is 0 Å². The van der Waals surface area contributed by atoms with E-state index in [1.165, 1.54) is 22.8 Å². The van der Waals surface area contributed by atoms with Crippen molar-refractivity contribution in [3.05, 3.63) is 162 Å². The lowest BCUT2D eigenvalue weighted by atomic mass is 9.84. The molecule has 2 heterocycles. The fourth-order valence-electron chi connectivity index (χ4n) is 4.99. The van der Waals surface area contributed by atoms with Crippen LogP contribution in [0.2, 0.25) is 0 Å². The summed E-state index contributed by atoms with van der Waals surface area (Å²) >= 11 is 0. The Bertz CT molecular complexity index is 1700. The number of benzene rings is 4. The highest BCUT2D eigenvalue weighted by Crippen LogP contribution is 2.35. The third-order valence-corrected chi connectivity index (χ3v) is 6.91. The number of H-pyrrole nitrogens is 1. The number of esters is 1. The average Bonchev–Trinajstić information content (AvgIpc) is 3.50. The Hall–Kier alpha value is -5.29. The zero-order valence-electron chi connectivity index (χ0n) is 21.8. The van der Waals surface area contributed by atoms with Gasteiger partial charge in [-0.3, -0.25) is 0 Å². The summed E-state index contributed by atoms with van der Waals surface area (Å²) in [5.41, 5.74) is 8.76. The molecule has 40 heavy (non-hydrogen) atoms. The highest BCUT2D eigenvalue weighted by atomic mass is 16.5. The molecule has 0 unspecified atom stereocenters. The lowest BCUT2D eigenvalue weighted by Crippen LogP contribution is -2.03. The van der Waals surface area contributed by atoms with Gasteiger partial charge >= 0.3 is 5.97 Å². The van der Waals surface area contributed by atoms with Crippen molar-refractivity contribution >= 4 is 23.2 Å². The SMILES string of the molecule is O=C(C=Cc1cnc2nc[nH]c2c1-c1ccc(C(c2ccccc2)c2ccccc2)cc1)OCc1ccccc1. The number of carbonyl (C=O) groups excluding carboxylic acids is 1. The van der Waals surface area contributed by atoms with Crippen LogP contribution in [0.4, 0.5) is 0 Å². The van der Waals surface area contributed by atoms with Crippen LogP contribution in [0, 0.1) is 0 Å². The van der Waals surface area contributed by atoms with Crippen LogP contribution in [0.1, 0.15) is 33.7 Å². The molecule has 0 radical (unpaired) electrons. The Morgan fingerprint density at radius 2 is 1.35 bits per heavy atom. The molecule has 0 aliphatic carbocycles. The molecule has 1 N–H and O–H groups in total. The van der Waals surface area contributed by atoms with E-state index >= 15 is 0 Å². The van der Waals surface area contributed by atoms with Crippen LogP contribution in [-0.2, 0) is 16.1 Å². The van der Waals surface area contributed by atoms with Crippen molar-refractivity contribution in [1.29, 1.82) is 0 Å². The number of nitrogens with zero attached hydrogens (tertiary/aromatic N) is 2. The summed E-state index contributed by atoms with van der Waals surface area (Å²) in [4.78, 5) is 24.5. The van der Waals surface area contributed by atoms with Gasteiger partial charge in [-0.05, 0) is 33.9 Å². The first kappa shape index (κ1) is 25.0. The van der Waals surface area contributed by atoms with E-state index in [0.717, 1.165) is 27.8 Å². The summed E-state index contributed by atoms with van der Waals surface area (Å²) in [7, 11) is 0. The number of aromatic amines is 1. The van der Waals surface area contributed by atoms with Crippen molar-refractivity contribution in [3.63, 3.8) is 0 Å². The van der Waals surface area contributed by atoms with Crippen LogP contribution in [-0.4, -0.2) is 20.9 Å². The van der Waals surface area contributed by atoms with Gasteiger partial charge in [0.25, 0.3) is 0 Å². The smallest absolute Gasteiger partial charge is 0.331 e. The standard InChI is InChI=1S/C35H27N3O2/c39-31(40-23-25-10-4-1-5-11-25)21-20-30-22-36-35-34(37-24-38-35)33(30)29-18-16-28(17-19-29)32(26-12-6-2-7-13-26)27-14-8-3-9-15-27/h1-22,24,32H,23H2,(H,36,37,38). The zero-order valence-corrected chi connectivity index (χ0v) is 21.8. The molecular formula is C35H27N3O2. The van der Waals surface area contributed by atoms with E-state index in [2.05, 4.69) is 87.7 Å². The predicted octanol–water partition coefficient (Wildman–Crippen LogP) is 7.56. The van der Waals surface area contributed by atoms with Crippen molar-refractivity contribution in [2.24, 2.45) is 0 Å². The molecule has 194 valence electrons. The minimum atomic E-state index is -0.413. The maximum atomic E-state index is 12.5. The number of pyridine rings is 1. The Morgan fingerprint density at radius 3 is 2.00 bits per heavy atom. The number of fused-ring (bicyclic) bond motifs is 1. The molecule has 0 amide bonds. The highest BCUT2D eigenvalue weighted by molar-refractivity contribution is 5.97. The Kier molecular flexibility index (Phi) is 7.27. The lowest BCUT2D eigenvalue weighted by molar-refractivity contribution is -0.138. The molecule has 0 saturated heterocycles. The van der Waals surface area contributed by atoms with Crippen LogP contribution in [0.5, 0.6) is 0 Å². The fraction of sp³-hybridized carbons (Fsp3) is 0.0571. The Labute approximate surface area is 232 Å². The summed E-state index contributed by atoms with van der Waals surface area (Å²) in [5.74, 6) is -0.303. The summed E-state index contributed by atoms with van der Waals surface area (Å²) in [5, 5.41) is 0. The van der Waals surface area contributed by atoms with Crippen LogP contribution in [0.15, 0.2) is 134 Å². The minimum absolute atomic E-state index is 0.111. The molecule has 0 bridgehead atoms. The van der Waals surface area contributed by atoms with E-state index in [-0.39, 0.29) is 12.5 Å². The van der Waals surface area contributed by atoms with E-state index in [0.29, 0.717) is 5.65 Å². The third-order valence-electron chi connectivity index (χ3n) is 6.91. The van der Waals surface area contributed by atoms with Crippen molar-refractivity contribution < 1.29 is 9.53 Å². The second-order valence-corrected chi connectivity index (χ2v) is 9.49. The number of hydrogen-bond acceptors (Lipinski definition) is 4. The van der Waals surface area contributed by atoms with Crippen LogP contribution in [0.3, 0.4) is 0 Å². The van der Waals surface area contributed by atoms with Crippen LogP contribution >= 0.6 is 0 Å². The van der Waals surface area contributed by atoms with Gasteiger partial charge in [-0.1, -0.05) is 115 Å². The quantitative estimate of drug-likeness (QED) is 0.127. The topological polar surface area (TPSA) is 67.9 Å². The molecule has 6 rings (SSSR count). The number of ether oxygens (including phenoxy) is 1. The van der Waals surface area contributed by atoms with Gasteiger partial charge in [0.2, 0.25) is 0 Å². The summed E-state index contributed by atoms with van der Waals surface area (Å²) < 4.78 is 5.43. The molecule has 6 aromatic rings. The maximum Gasteiger partial charge on any atom is 0.331 e. The first-order valence-corrected chi connectivity index (χ1v) is 13.2. The second kappa shape index (κ2) is 11.6. The maximum absolute atomic E-state index is 12.5. The van der Waals surface area contributed by atoms with Gasteiger partial charge in [-0.25, -0.2) is 14.8 Å². The van der Waals surface area contributed by atoms with Gasteiger partial charge in [-0.2, -0.15) is 0 Å². The van der Waals surface area contributed by atoms with Crippen molar-refractivity contribution in [2.75, 3.05) is 0 Å². The van der Waals surface area contributed by atoms with E-state index in [1.54, 1.807) is 18.6 Å². The number of rotatable bonds is 8. The van der Waals surface area contributed by atoms with Crippen LogP contribution in [0.25, 0.3) is 28.4 Å². The largest absolute Gasteiger partial charge is 0.458 e. The fourth-order valence-corrected chi connectivity index (χ4v) is 4.99. The summed E-state index contributed by atoms with van der Waals surface area (Å²) in [6, 6.07) is 39.3. The minimum Gasteiger partial charge on any atom is -0.458 e. The monoisotopic (exact) mass is 521 g/mol. The lowest BCUT2D eigenvalue weighted by Gasteiger charge is -2.19. The van der Waals surface area contributed by atoms with E-state index < -0.39 is 5.97 Å². The molecule has 0 saturated carbocycles. The number of aromatic nitrogens is 3. The van der Waals surface area contributed by atoms with Gasteiger partial charge in [-0.15, -0.1) is 0 Å². The first-order chi connectivity index (χ1) is 19.8. The van der Waals surface area contributed by atoms with Crippen molar-refractivity contribution in [2.45, 2.75) is 12.5 Å². The summed E-state index contributed by atoms with van der Waals surface area (Å²) in [6.45, 7) is 0.222. The zero-order chi connectivity index (χ0) is 27.1. The van der Waals surface area contributed by atoms with Gasteiger partial charge < -0.3 is 9.72 Å². The second-order valence-electron chi connectivity index (χ2n) is 9.49. The molecule has 0 aliphatic rings. The molecule has 0 fully saturated rings. The molecular weight excluding hydrogens is 494 g/mol. The Balaban J connectivity index is 1.32. The first-order valence-electron chi connectivity index (χ1n) is 13.2. The number of carbonyl (C=O) groups is 1. The summed E-state index contributed by atoms with van der Waals surface area (Å²) in [6.07, 6.45) is 6.57. The molecule has 0 spiro atoms. The average molecular weight is 522 g/mol. The van der Waals surface area contributed by atoms with Crippen molar-refractivity contribution in [3.8, 4) is 11.1 Å². The van der Waals surface area contributed by atoms with E-state index in [4.69, 9.17) is 4.74 Å². The van der Waals surface area contributed by atoms with Crippen molar-refractivity contribution in [1.82, 2.24) is 15.0 Å².